The Labute approximate surface area is 211 Å². The standard InChI is InChI=1S/C31H42N2O2/c1-6-31(7-2)19-24-18-23(21-8-11-25(12-9-21)30(3,4)5)10-13-26(24)28(31)32-29(34)35-27-20-33-16-14-22(27)15-17-33/h8-13,18,22,27-28H,6-7,14-17,19-20H2,1-5H3,(H,32,34)/t27-,28?/m0/s1. The Bertz CT molecular complexity index is 1060. The van der Waals surface area contributed by atoms with Crippen LogP contribution < -0.4 is 5.32 Å². The monoisotopic (exact) mass is 474 g/mol. The Morgan fingerprint density at radius 1 is 1.03 bits per heavy atom. The van der Waals surface area contributed by atoms with E-state index in [1.54, 1.807) is 0 Å². The van der Waals surface area contributed by atoms with E-state index in [-0.39, 0.29) is 29.1 Å². The van der Waals surface area contributed by atoms with E-state index in [1.807, 2.05) is 0 Å². The lowest BCUT2D eigenvalue weighted by Gasteiger charge is -2.44. The van der Waals surface area contributed by atoms with Gasteiger partial charge in [0.15, 0.2) is 0 Å². The van der Waals surface area contributed by atoms with Gasteiger partial charge in [-0.15, -0.1) is 0 Å². The number of carbonyl (C=O) groups excluding carboxylic acids is 1. The summed E-state index contributed by atoms with van der Waals surface area (Å²) in [5.41, 5.74) is 6.65. The van der Waals surface area contributed by atoms with Crippen molar-refractivity contribution in [3.63, 3.8) is 0 Å². The number of hydrogen-bond donors (Lipinski definition) is 1. The van der Waals surface area contributed by atoms with Crippen molar-refractivity contribution in [1.82, 2.24) is 10.2 Å². The fraction of sp³-hybridized carbons (Fsp3) is 0.581. The highest BCUT2D eigenvalue weighted by atomic mass is 16.6. The van der Waals surface area contributed by atoms with Crippen LogP contribution in [0.4, 0.5) is 4.79 Å². The van der Waals surface area contributed by atoms with Gasteiger partial charge in [0.1, 0.15) is 6.10 Å². The Kier molecular flexibility index (Phi) is 6.46. The SMILES string of the molecule is CCC1(CC)Cc2cc(-c3ccc(C(C)(C)C)cc3)ccc2C1NC(=O)O[C@H]1CN2CCC1CC2. The van der Waals surface area contributed by atoms with Gasteiger partial charge in [0.05, 0.1) is 6.04 Å². The summed E-state index contributed by atoms with van der Waals surface area (Å²) in [4.78, 5) is 15.6. The molecule has 2 aromatic rings. The van der Waals surface area contributed by atoms with E-state index in [9.17, 15) is 4.79 Å². The first kappa shape index (κ1) is 24.4. The highest BCUT2D eigenvalue weighted by molar-refractivity contribution is 5.70. The molecule has 1 aliphatic carbocycles. The van der Waals surface area contributed by atoms with Gasteiger partial charge >= 0.3 is 6.09 Å². The van der Waals surface area contributed by atoms with Gasteiger partial charge < -0.3 is 10.1 Å². The first-order valence-electron chi connectivity index (χ1n) is 13.7. The lowest BCUT2D eigenvalue weighted by molar-refractivity contribution is -0.0353. The predicted octanol–water partition coefficient (Wildman–Crippen LogP) is 6.88. The molecule has 0 aromatic heterocycles. The normalized spacial score (nSPS) is 26.9. The first-order chi connectivity index (χ1) is 16.7. The lowest BCUT2D eigenvalue weighted by Crippen LogP contribution is -2.53. The van der Waals surface area contributed by atoms with Crippen LogP contribution in [0.5, 0.6) is 0 Å². The molecule has 35 heavy (non-hydrogen) atoms. The van der Waals surface area contributed by atoms with Crippen LogP contribution in [-0.2, 0) is 16.6 Å². The molecule has 4 heteroatoms. The molecule has 0 saturated carbocycles. The number of rotatable bonds is 5. The zero-order chi connectivity index (χ0) is 24.8. The third kappa shape index (κ3) is 4.62. The Balaban J connectivity index is 1.36. The number of piperidine rings is 3. The van der Waals surface area contributed by atoms with Crippen LogP contribution in [0, 0.1) is 11.3 Å². The van der Waals surface area contributed by atoms with Gasteiger partial charge in [-0.25, -0.2) is 4.79 Å². The molecule has 2 atom stereocenters. The van der Waals surface area contributed by atoms with Crippen molar-refractivity contribution in [2.24, 2.45) is 11.3 Å². The first-order valence-corrected chi connectivity index (χ1v) is 13.7. The van der Waals surface area contributed by atoms with Gasteiger partial charge in [-0.2, -0.15) is 0 Å². The molecule has 188 valence electrons. The van der Waals surface area contributed by atoms with Gasteiger partial charge in [-0.05, 0) is 89.8 Å². The van der Waals surface area contributed by atoms with E-state index < -0.39 is 0 Å². The molecular weight excluding hydrogens is 432 g/mol. The largest absolute Gasteiger partial charge is 0.445 e. The van der Waals surface area contributed by atoms with Crippen molar-refractivity contribution < 1.29 is 9.53 Å². The number of benzene rings is 2. The molecule has 3 fully saturated rings. The van der Waals surface area contributed by atoms with E-state index >= 15 is 0 Å². The maximum absolute atomic E-state index is 13.1. The maximum Gasteiger partial charge on any atom is 0.407 e. The molecule has 2 bridgehead atoms. The average molecular weight is 475 g/mol. The third-order valence-electron chi connectivity index (χ3n) is 9.22. The molecule has 4 nitrogen and oxygen atoms in total. The molecule has 1 unspecified atom stereocenters. The van der Waals surface area contributed by atoms with E-state index in [2.05, 4.69) is 87.3 Å². The highest BCUT2D eigenvalue weighted by Gasteiger charge is 2.45. The van der Waals surface area contributed by atoms with Gasteiger partial charge in [-0.1, -0.05) is 77.1 Å². The second kappa shape index (κ2) is 9.28. The Morgan fingerprint density at radius 2 is 1.69 bits per heavy atom. The lowest BCUT2D eigenvalue weighted by atomic mass is 9.76. The molecule has 3 aliphatic heterocycles. The topological polar surface area (TPSA) is 41.6 Å². The summed E-state index contributed by atoms with van der Waals surface area (Å²) in [6.45, 7) is 14.5. The van der Waals surface area contributed by atoms with Crippen molar-refractivity contribution in [2.75, 3.05) is 19.6 Å². The molecule has 0 radical (unpaired) electrons. The highest BCUT2D eigenvalue weighted by Crippen LogP contribution is 2.51. The minimum Gasteiger partial charge on any atom is -0.445 e. The van der Waals surface area contributed by atoms with Crippen molar-refractivity contribution in [3.8, 4) is 11.1 Å². The third-order valence-corrected chi connectivity index (χ3v) is 9.22. The minimum atomic E-state index is -0.241. The van der Waals surface area contributed by atoms with Crippen LogP contribution in [0.25, 0.3) is 11.1 Å². The number of ether oxygens (including phenoxy) is 1. The quantitative estimate of drug-likeness (QED) is 0.514. The number of fused-ring (bicyclic) bond motifs is 4. The van der Waals surface area contributed by atoms with E-state index in [0.717, 1.165) is 51.7 Å². The van der Waals surface area contributed by atoms with Gasteiger partial charge in [0.2, 0.25) is 0 Å². The smallest absolute Gasteiger partial charge is 0.407 e. The summed E-state index contributed by atoms with van der Waals surface area (Å²) < 4.78 is 6.02. The summed E-state index contributed by atoms with van der Waals surface area (Å²) in [7, 11) is 0. The molecule has 3 saturated heterocycles. The molecular formula is C31H42N2O2. The molecule has 6 rings (SSSR count). The van der Waals surface area contributed by atoms with E-state index in [1.165, 1.54) is 27.8 Å². The van der Waals surface area contributed by atoms with Crippen molar-refractivity contribution in [2.45, 2.75) is 84.3 Å². The zero-order valence-corrected chi connectivity index (χ0v) is 22.2. The summed E-state index contributed by atoms with van der Waals surface area (Å²) in [6.07, 6.45) is 5.14. The summed E-state index contributed by atoms with van der Waals surface area (Å²) in [5.74, 6) is 0.524. The molecule has 4 aliphatic rings. The van der Waals surface area contributed by atoms with Crippen molar-refractivity contribution in [3.05, 3.63) is 59.2 Å². The summed E-state index contributed by atoms with van der Waals surface area (Å²) in [5, 5.41) is 3.34. The second-order valence-corrected chi connectivity index (χ2v) is 12.1. The second-order valence-electron chi connectivity index (χ2n) is 12.1. The number of nitrogens with one attached hydrogen (secondary N) is 1. The van der Waals surface area contributed by atoms with Crippen LogP contribution in [0.1, 0.15) is 83.0 Å². The zero-order valence-electron chi connectivity index (χ0n) is 22.2. The predicted molar refractivity (Wildman–Crippen MR) is 143 cm³/mol. The van der Waals surface area contributed by atoms with Crippen molar-refractivity contribution >= 4 is 6.09 Å². The van der Waals surface area contributed by atoms with Crippen LogP contribution in [-0.4, -0.2) is 36.7 Å². The average Bonchev–Trinajstić information content (AvgIpc) is 3.17. The van der Waals surface area contributed by atoms with Gasteiger partial charge in [0.25, 0.3) is 0 Å². The number of nitrogens with zero attached hydrogens (tertiary/aromatic N) is 1. The number of alkyl carbamates (subject to hydrolysis) is 1. The van der Waals surface area contributed by atoms with Crippen LogP contribution in [0.3, 0.4) is 0 Å². The fourth-order valence-corrected chi connectivity index (χ4v) is 6.67. The van der Waals surface area contributed by atoms with Gasteiger partial charge in [-0.3, -0.25) is 4.90 Å². The number of carbonyl (C=O) groups is 1. The van der Waals surface area contributed by atoms with Gasteiger partial charge in [0, 0.05) is 6.54 Å². The fourth-order valence-electron chi connectivity index (χ4n) is 6.67. The van der Waals surface area contributed by atoms with Crippen LogP contribution in [0.15, 0.2) is 42.5 Å². The Hall–Kier alpha value is -2.33. The molecule has 3 heterocycles. The number of amides is 1. The molecule has 2 aromatic carbocycles. The van der Waals surface area contributed by atoms with Crippen LogP contribution in [0.2, 0.25) is 0 Å². The summed E-state index contributed by atoms with van der Waals surface area (Å²) in [6, 6.07) is 15.8. The molecule has 1 amide bonds. The van der Waals surface area contributed by atoms with Crippen molar-refractivity contribution in [1.29, 1.82) is 0 Å². The molecule has 1 N–H and O–H groups in total. The van der Waals surface area contributed by atoms with E-state index in [0.29, 0.717) is 5.92 Å². The van der Waals surface area contributed by atoms with E-state index in [4.69, 9.17) is 4.74 Å². The number of hydrogen-bond acceptors (Lipinski definition) is 3. The maximum atomic E-state index is 13.1. The Morgan fingerprint density at radius 3 is 2.26 bits per heavy atom. The van der Waals surface area contributed by atoms with Crippen LogP contribution >= 0.6 is 0 Å². The minimum absolute atomic E-state index is 0.00148. The molecule has 0 spiro atoms. The summed E-state index contributed by atoms with van der Waals surface area (Å²) >= 11 is 0.